The highest BCUT2D eigenvalue weighted by Gasteiger charge is 2.02. The summed E-state index contributed by atoms with van der Waals surface area (Å²) in [7, 11) is 2.09. The average Bonchev–Trinajstić information content (AvgIpc) is 2.35. The predicted octanol–water partition coefficient (Wildman–Crippen LogP) is 2.11. The number of hydrogen-bond donors (Lipinski definition) is 2. The van der Waals surface area contributed by atoms with E-state index in [0.29, 0.717) is 6.61 Å². The zero-order valence-corrected chi connectivity index (χ0v) is 10.8. The molecular weight excluding hydrogens is 214 g/mol. The van der Waals surface area contributed by atoms with Gasteiger partial charge in [-0.1, -0.05) is 0 Å². The van der Waals surface area contributed by atoms with Gasteiger partial charge in [0.25, 0.3) is 0 Å². The molecule has 0 aliphatic rings. The van der Waals surface area contributed by atoms with Crippen molar-refractivity contribution in [3.8, 4) is 0 Å². The molecule has 0 unspecified atom stereocenters. The van der Waals surface area contributed by atoms with Gasteiger partial charge in [-0.25, -0.2) is 4.98 Å². The van der Waals surface area contributed by atoms with Crippen molar-refractivity contribution < 1.29 is 5.11 Å². The van der Waals surface area contributed by atoms with Crippen LogP contribution in [0, 0.1) is 0 Å². The minimum absolute atomic E-state index is 0.295. The van der Waals surface area contributed by atoms with Crippen LogP contribution in [0.1, 0.15) is 26.2 Å². The van der Waals surface area contributed by atoms with Crippen molar-refractivity contribution in [2.24, 2.45) is 0 Å². The fourth-order valence-electron chi connectivity index (χ4n) is 1.70. The standard InChI is InChI=1S/C13H23N3O/c1-3-14-13-11-12(7-8-15-13)16(2)9-5-4-6-10-17/h7-8,11,17H,3-6,9-10H2,1-2H3,(H,14,15). The van der Waals surface area contributed by atoms with Gasteiger partial charge in [0.1, 0.15) is 5.82 Å². The topological polar surface area (TPSA) is 48.4 Å². The molecular formula is C13H23N3O. The van der Waals surface area contributed by atoms with Gasteiger partial charge in [-0.15, -0.1) is 0 Å². The Morgan fingerprint density at radius 3 is 2.88 bits per heavy atom. The van der Waals surface area contributed by atoms with Gasteiger partial charge in [-0.3, -0.25) is 0 Å². The van der Waals surface area contributed by atoms with Gasteiger partial charge in [-0.2, -0.15) is 0 Å². The molecule has 0 bridgehead atoms. The molecule has 4 nitrogen and oxygen atoms in total. The molecule has 1 aromatic heterocycles. The van der Waals surface area contributed by atoms with Gasteiger partial charge in [-0.05, 0) is 32.3 Å². The first-order valence-electron chi connectivity index (χ1n) is 6.30. The molecule has 0 atom stereocenters. The summed E-state index contributed by atoms with van der Waals surface area (Å²) in [6.07, 6.45) is 4.91. The number of pyridine rings is 1. The lowest BCUT2D eigenvalue weighted by Gasteiger charge is -2.19. The lowest BCUT2D eigenvalue weighted by atomic mass is 10.2. The number of hydrogen-bond acceptors (Lipinski definition) is 4. The molecule has 1 rings (SSSR count). The Balaban J connectivity index is 2.44. The van der Waals surface area contributed by atoms with Gasteiger partial charge in [0.15, 0.2) is 0 Å². The van der Waals surface area contributed by atoms with Crippen molar-refractivity contribution in [3.63, 3.8) is 0 Å². The lowest BCUT2D eigenvalue weighted by molar-refractivity contribution is 0.283. The van der Waals surface area contributed by atoms with Crippen molar-refractivity contribution in [3.05, 3.63) is 18.3 Å². The van der Waals surface area contributed by atoms with Crippen LogP contribution in [0.5, 0.6) is 0 Å². The second-order valence-corrected chi connectivity index (χ2v) is 4.14. The van der Waals surface area contributed by atoms with Gasteiger partial charge in [0.2, 0.25) is 0 Å². The molecule has 0 fully saturated rings. The fraction of sp³-hybridized carbons (Fsp3) is 0.615. The smallest absolute Gasteiger partial charge is 0.127 e. The molecule has 0 aliphatic heterocycles. The molecule has 0 radical (unpaired) electrons. The van der Waals surface area contributed by atoms with E-state index in [0.717, 1.165) is 38.2 Å². The number of aromatic nitrogens is 1. The normalized spacial score (nSPS) is 10.3. The Labute approximate surface area is 104 Å². The number of anilines is 2. The number of nitrogens with one attached hydrogen (secondary N) is 1. The molecule has 0 saturated carbocycles. The van der Waals surface area contributed by atoms with E-state index in [4.69, 9.17) is 5.11 Å². The number of rotatable bonds is 8. The molecule has 0 aromatic carbocycles. The maximum Gasteiger partial charge on any atom is 0.127 e. The van der Waals surface area contributed by atoms with Crippen LogP contribution in [0.15, 0.2) is 18.3 Å². The Morgan fingerprint density at radius 1 is 1.35 bits per heavy atom. The van der Waals surface area contributed by atoms with Crippen molar-refractivity contribution in [1.29, 1.82) is 0 Å². The van der Waals surface area contributed by atoms with E-state index in [-0.39, 0.29) is 0 Å². The maximum atomic E-state index is 8.71. The van der Waals surface area contributed by atoms with Gasteiger partial charge >= 0.3 is 0 Å². The fourth-order valence-corrected chi connectivity index (χ4v) is 1.70. The molecule has 0 amide bonds. The molecule has 0 spiro atoms. The van der Waals surface area contributed by atoms with E-state index in [2.05, 4.69) is 35.2 Å². The van der Waals surface area contributed by atoms with Crippen molar-refractivity contribution in [2.75, 3.05) is 37.0 Å². The first kappa shape index (κ1) is 13.8. The molecule has 0 aliphatic carbocycles. The second kappa shape index (κ2) is 7.90. The summed E-state index contributed by atoms with van der Waals surface area (Å²) in [4.78, 5) is 6.47. The minimum Gasteiger partial charge on any atom is -0.396 e. The van der Waals surface area contributed by atoms with Gasteiger partial charge in [0, 0.05) is 44.7 Å². The van der Waals surface area contributed by atoms with Crippen LogP contribution in [-0.2, 0) is 0 Å². The van der Waals surface area contributed by atoms with Crippen LogP contribution in [0.2, 0.25) is 0 Å². The van der Waals surface area contributed by atoms with E-state index in [9.17, 15) is 0 Å². The molecule has 1 aromatic rings. The number of aliphatic hydroxyl groups is 1. The SMILES string of the molecule is CCNc1cc(N(C)CCCCCO)ccn1. The molecule has 96 valence electrons. The van der Waals surface area contributed by atoms with E-state index >= 15 is 0 Å². The number of nitrogens with zero attached hydrogens (tertiary/aromatic N) is 2. The van der Waals surface area contributed by atoms with Crippen LogP contribution >= 0.6 is 0 Å². The number of unbranched alkanes of at least 4 members (excludes halogenated alkanes) is 2. The Bertz CT molecular complexity index is 317. The van der Waals surface area contributed by atoms with E-state index < -0.39 is 0 Å². The lowest BCUT2D eigenvalue weighted by Crippen LogP contribution is -2.18. The van der Waals surface area contributed by atoms with Gasteiger partial charge in [0.05, 0.1) is 0 Å². The highest BCUT2D eigenvalue weighted by molar-refractivity contribution is 5.53. The Morgan fingerprint density at radius 2 is 2.18 bits per heavy atom. The summed E-state index contributed by atoms with van der Waals surface area (Å²) < 4.78 is 0. The Kier molecular flexibility index (Phi) is 6.40. The number of aliphatic hydroxyl groups excluding tert-OH is 1. The van der Waals surface area contributed by atoms with E-state index in [1.54, 1.807) is 0 Å². The van der Waals surface area contributed by atoms with E-state index in [1.807, 2.05) is 12.3 Å². The predicted molar refractivity (Wildman–Crippen MR) is 72.6 cm³/mol. The third kappa shape index (κ3) is 5.04. The second-order valence-electron chi connectivity index (χ2n) is 4.14. The summed E-state index contributed by atoms with van der Waals surface area (Å²) in [5.41, 5.74) is 1.18. The average molecular weight is 237 g/mol. The van der Waals surface area contributed by atoms with Crippen LogP contribution in [-0.4, -0.2) is 36.8 Å². The van der Waals surface area contributed by atoms with Crippen LogP contribution in [0.3, 0.4) is 0 Å². The van der Waals surface area contributed by atoms with Crippen LogP contribution < -0.4 is 10.2 Å². The van der Waals surface area contributed by atoms with Crippen molar-refractivity contribution in [1.82, 2.24) is 4.98 Å². The summed E-state index contributed by atoms with van der Waals surface area (Å²) >= 11 is 0. The van der Waals surface area contributed by atoms with Crippen molar-refractivity contribution >= 4 is 11.5 Å². The third-order valence-electron chi connectivity index (χ3n) is 2.69. The zero-order chi connectivity index (χ0) is 12.5. The Hall–Kier alpha value is -1.29. The first-order chi connectivity index (χ1) is 8.27. The summed E-state index contributed by atoms with van der Waals surface area (Å²) in [6, 6.07) is 4.09. The maximum absolute atomic E-state index is 8.71. The molecule has 1 heterocycles. The molecule has 2 N–H and O–H groups in total. The molecule has 0 saturated heterocycles. The third-order valence-corrected chi connectivity index (χ3v) is 2.69. The van der Waals surface area contributed by atoms with Crippen LogP contribution in [0.4, 0.5) is 11.5 Å². The zero-order valence-electron chi connectivity index (χ0n) is 10.8. The highest BCUT2D eigenvalue weighted by Crippen LogP contribution is 2.16. The summed E-state index contributed by atoms with van der Waals surface area (Å²) in [5.74, 6) is 0.923. The minimum atomic E-state index is 0.295. The van der Waals surface area contributed by atoms with Gasteiger partial charge < -0.3 is 15.3 Å². The highest BCUT2D eigenvalue weighted by atomic mass is 16.2. The summed E-state index contributed by atoms with van der Waals surface area (Å²) in [6.45, 7) is 4.25. The van der Waals surface area contributed by atoms with Crippen molar-refractivity contribution in [2.45, 2.75) is 26.2 Å². The molecule has 17 heavy (non-hydrogen) atoms. The van der Waals surface area contributed by atoms with E-state index in [1.165, 1.54) is 5.69 Å². The monoisotopic (exact) mass is 237 g/mol. The summed E-state index contributed by atoms with van der Waals surface area (Å²) in [5, 5.41) is 11.9. The first-order valence-corrected chi connectivity index (χ1v) is 6.30. The molecule has 4 heteroatoms. The van der Waals surface area contributed by atoms with Crippen LogP contribution in [0.25, 0.3) is 0 Å². The quantitative estimate of drug-likeness (QED) is 0.680. The largest absolute Gasteiger partial charge is 0.396 e.